The fourth-order valence-electron chi connectivity index (χ4n) is 3.14. The molecule has 0 bridgehead atoms. The number of rotatable bonds is 3. The molecule has 5 heteroatoms. The third-order valence-electron chi connectivity index (χ3n) is 4.09. The van der Waals surface area contributed by atoms with E-state index in [1.165, 1.54) is 10.4 Å². The molecule has 0 aliphatic carbocycles. The summed E-state index contributed by atoms with van der Waals surface area (Å²) in [6, 6.07) is 2.19. The lowest BCUT2D eigenvalue weighted by atomic mass is 10.1. The molecular formula is C15H21NO3S. The Kier molecular flexibility index (Phi) is 4.10. The highest BCUT2D eigenvalue weighted by atomic mass is 32.1. The average molecular weight is 295 g/mol. The number of carbonyl (C=O) groups is 1. The van der Waals surface area contributed by atoms with Crippen molar-refractivity contribution in [1.82, 2.24) is 4.90 Å². The van der Waals surface area contributed by atoms with Crippen LogP contribution in [0.4, 0.5) is 0 Å². The topological polar surface area (TPSA) is 49.8 Å². The Morgan fingerprint density at radius 3 is 3.25 bits per heavy atom. The van der Waals surface area contributed by atoms with Crippen molar-refractivity contribution in [1.29, 1.82) is 0 Å². The van der Waals surface area contributed by atoms with Crippen molar-refractivity contribution in [3.05, 3.63) is 21.4 Å². The zero-order valence-corrected chi connectivity index (χ0v) is 12.6. The molecule has 1 aromatic heterocycles. The van der Waals surface area contributed by atoms with Crippen LogP contribution in [-0.4, -0.2) is 41.2 Å². The molecule has 0 saturated carbocycles. The van der Waals surface area contributed by atoms with Gasteiger partial charge in [-0.3, -0.25) is 4.79 Å². The van der Waals surface area contributed by atoms with Gasteiger partial charge < -0.3 is 14.7 Å². The minimum absolute atomic E-state index is 0.132. The number of hydrogen-bond acceptors (Lipinski definition) is 4. The number of thiophene rings is 1. The van der Waals surface area contributed by atoms with E-state index >= 15 is 0 Å². The molecule has 1 N–H and O–H groups in total. The second-order valence-corrected chi connectivity index (χ2v) is 6.88. The van der Waals surface area contributed by atoms with Crippen LogP contribution >= 0.6 is 11.3 Å². The van der Waals surface area contributed by atoms with Crippen molar-refractivity contribution in [3.8, 4) is 0 Å². The lowest BCUT2D eigenvalue weighted by Crippen LogP contribution is -2.36. The van der Waals surface area contributed by atoms with E-state index in [1.807, 2.05) is 11.0 Å². The summed E-state index contributed by atoms with van der Waals surface area (Å²) in [6.07, 6.45) is 3.30. The van der Waals surface area contributed by atoms with Gasteiger partial charge in [-0.15, -0.1) is 11.3 Å². The molecule has 2 aliphatic heterocycles. The van der Waals surface area contributed by atoms with E-state index in [-0.39, 0.29) is 18.1 Å². The van der Waals surface area contributed by atoms with E-state index in [4.69, 9.17) is 4.74 Å². The van der Waals surface area contributed by atoms with Gasteiger partial charge in [0.25, 0.3) is 5.91 Å². The molecule has 1 aromatic rings. The lowest BCUT2D eigenvalue weighted by molar-refractivity contribution is 0.0686. The third kappa shape index (κ3) is 2.75. The largest absolute Gasteiger partial charge is 0.393 e. The molecule has 1 fully saturated rings. The van der Waals surface area contributed by atoms with Crippen LogP contribution < -0.4 is 0 Å². The highest BCUT2D eigenvalue weighted by molar-refractivity contribution is 7.14. The summed E-state index contributed by atoms with van der Waals surface area (Å²) in [5, 5.41) is 9.56. The number of carbonyl (C=O) groups excluding carboxylic acids is 1. The Balaban J connectivity index is 1.76. The number of hydrogen-bond donors (Lipinski definition) is 1. The third-order valence-corrected chi connectivity index (χ3v) is 5.31. The molecule has 0 spiro atoms. The molecule has 20 heavy (non-hydrogen) atoms. The highest BCUT2D eigenvalue weighted by Gasteiger charge is 2.31. The maximum atomic E-state index is 12.7. The SMILES string of the molecule is CC(O)CC1CCCN1C(=O)c1cc2c(s1)CCOC2. The molecule has 4 nitrogen and oxygen atoms in total. The molecule has 110 valence electrons. The fraction of sp³-hybridized carbons (Fsp3) is 0.667. The quantitative estimate of drug-likeness (QED) is 0.930. The van der Waals surface area contributed by atoms with Gasteiger partial charge in [0.15, 0.2) is 0 Å². The predicted octanol–water partition coefficient (Wildman–Crippen LogP) is 2.20. The smallest absolute Gasteiger partial charge is 0.264 e. The maximum absolute atomic E-state index is 12.7. The van der Waals surface area contributed by atoms with E-state index in [9.17, 15) is 9.90 Å². The molecule has 3 rings (SSSR count). The van der Waals surface area contributed by atoms with Gasteiger partial charge in [0.1, 0.15) is 0 Å². The van der Waals surface area contributed by atoms with E-state index in [0.717, 1.165) is 37.3 Å². The zero-order valence-electron chi connectivity index (χ0n) is 11.8. The summed E-state index contributed by atoms with van der Waals surface area (Å²) in [4.78, 5) is 16.7. The van der Waals surface area contributed by atoms with Crippen molar-refractivity contribution < 1.29 is 14.6 Å². The van der Waals surface area contributed by atoms with Crippen LogP contribution in [-0.2, 0) is 17.8 Å². The van der Waals surface area contributed by atoms with E-state index in [2.05, 4.69) is 0 Å². The van der Waals surface area contributed by atoms with Crippen LogP contribution in [0.25, 0.3) is 0 Å². The average Bonchev–Trinajstić information content (AvgIpc) is 3.03. The summed E-state index contributed by atoms with van der Waals surface area (Å²) in [5.41, 5.74) is 1.18. The Morgan fingerprint density at radius 2 is 2.50 bits per heavy atom. The molecule has 1 saturated heterocycles. The first-order chi connectivity index (χ1) is 9.65. The maximum Gasteiger partial charge on any atom is 0.264 e. The van der Waals surface area contributed by atoms with Gasteiger partial charge in [0.2, 0.25) is 0 Å². The van der Waals surface area contributed by atoms with Crippen LogP contribution in [0.3, 0.4) is 0 Å². The second kappa shape index (κ2) is 5.84. The van der Waals surface area contributed by atoms with Crippen molar-refractivity contribution in [2.45, 2.75) is 51.4 Å². The van der Waals surface area contributed by atoms with Gasteiger partial charge in [0.05, 0.1) is 24.2 Å². The van der Waals surface area contributed by atoms with Gasteiger partial charge in [-0.25, -0.2) is 0 Å². The summed E-state index contributed by atoms with van der Waals surface area (Å²) < 4.78 is 5.44. The second-order valence-electron chi connectivity index (χ2n) is 5.74. The van der Waals surface area contributed by atoms with Crippen LogP contribution in [0.5, 0.6) is 0 Å². The number of ether oxygens (including phenoxy) is 1. The fourth-order valence-corrected chi connectivity index (χ4v) is 4.24. The highest BCUT2D eigenvalue weighted by Crippen LogP contribution is 2.30. The van der Waals surface area contributed by atoms with Crippen LogP contribution in [0.15, 0.2) is 6.07 Å². The molecule has 1 amide bonds. The van der Waals surface area contributed by atoms with Crippen molar-refractivity contribution in [3.63, 3.8) is 0 Å². The van der Waals surface area contributed by atoms with E-state index in [0.29, 0.717) is 13.0 Å². The zero-order chi connectivity index (χ0) is 14.1. The first kappa shape index (κ1) is 14.0. The minimum Gasteiger partial charge on any atom is -0.393 e. The molecule has 0 radical (unpaired) electrons. The van der Waals surface area contributed by atoms with E-state index < -0.39 is 0 Å². The van der Waals surface area contributed by atoms with Gasteiger partial charge in [0, 0.05) is 23.9 Å². The molecule has 2 unspecified atom stereocenters. The summed E-state index contributed by atoms with van der Waals surface area (Å²) in [5.74, 6) is 0.132. The van der Waals surface area contributed by atoms with Gasteiger partial charge in [-0.2, -0.15) is 0 Å². The van der Waals surface area contributed by atoms with Crippen molar-refractivity contribution in [2.75, 3.05) is 13.2 Å². The monoisotopic (exact) mass is 295 g/mol. The first-order valence-corrected chi connectivity index (χ1v) is 8.15. The number of aliphatic hydroxyl groups excluding tert-OH is 1. The van der Waals surface area contributed by atoms with Crippen LogP contribution in [0.1, 0.15) is 46.3 Å². The summed E-state index contributed by atoms with van der Waals surface area (Å²) in [7, 11) is 0. The van der Waals surface area contributed by atoms with Gasteiger partial charge in [-0.05, 0) is 37.8 Å². The molecule has 2 aliphatic rings. The number of nitrogens with zero attached hydrogens (tertiary/aromatic N) is 1. The molecule has 3 heterocycles. The number of likely N-dealkylation sites (tertiary alicyclic amines) is 1. The van der Waals surface area contributed by atoms with Gasteiger partial charge in [-0.1, -0.05) is 0 Å². The van der Waals surface area contributed by atoms with Crippen molar-refractivity contribution in [2.24, 2.45) is 0 Å². The normalized spacial score (nSPS) is 23.7. The Labute approximate surface area is 123 Å². The predicted molar refractivity (Wildman–Crippen MR) is 78.0 cm³/mol. The minimum atomic E-state index is -0.349. The standard InChI is InChI=1S/C15H21NO3S/c1-10(17)7-12-3-2-5-16(12)15(18)14-8-11-9-19-6-4-13(11)20-14/h8,10,12,17H,2-7,9H2,1H3. The molecule has 2 atom stereocenters. The van der Waals surface area contributed by atoms with E-state index in [1.54, 1.807) is 18.3 Å². The summed E-state index contributed by atoms with van der Waals surface area (Å²) >= 11 is 1.62. The Bertz CT molecular complexity index is 474. The van der Waals surface area contributed by atoms with Crippen LogP contribution in [0.2, 0.25) is 0 Å². The lowest BCUT2D eigenvalue weighted by Gasteiger charge is -2.25. The van der Waals surface area contributed by atoms with Gasteiger partial charge >= 0.3 is 0 Å². The molecular weight excluding hydrogens is 274 g/mol. The number of fused-ring (bicyclic) bond motifs is 1. The van der Waals surface area contributed by atoms with Crippen molar-refractivity contribution >= 4 is 17.2 Å². The molecule has 0 aromatic carbocycles. The Morgan fingerprint density at radius 1 is 1.65 bits per heavy atom. The first-order valence-electron chi connectivity index (χ1n) is 7.33. The van der Waals surface area contributed by atoms with Crippen LogP contribution in [0, 0.1) is 0 Å². The number of aliphatic hydroxyl groups is 1. The Hall–Kier alpha value is -0.910. The number of amides is 1. The summed E-state index contributed by atoms with van der Waals surface area (Å²) in [6.45, 7) is 4.00.